The van der Waals surface area contributed by atoms with Crippen molar-refractivity contribution in [2.24, 2.45) is 0 Å². The van der Waals surface area contributed by atoms with Gasteiger partial charge in [-0.25, -0.2) is 0 Å². The summed E-state index contributed by atoms with van der Waals surface area (Å²) in [6, 6.07) is 14.2. The number of halogens is 1. The summed E-state index contributed by atoms with van der Waals surface area (Å²) in [6.45, 7) is 6.73. The standard InChI is InChI=1S/C17H20ClN/c1-4-17(2,3)13-7-5-12(6-8-13)15-11-14(18)9-10-16(15)19/h5-11H,4,19H2,1-3H3. The summed E-state index contributed by atoms with van der Waals surface area (Å²) >= 11 is 6.04. The van der Waals surface area contributed by atoms with Crippen molar-refractivity contribution in [1.82, 2.24) is 0 Å². The van der Waals surface area contributed by atoms with Gasteiger partial charge in [-0.15, -0.1) is 0 Å². The molecule has 0 unspecified atom stereocenters. The molecule has 0 heterocycles. The molecule has 19 heavy (non-hydrogen) atoms. The Labute approximate surface area is 120 Å². The van der Waals surface area contributed by atoms with Gasteiger partial charge in [0.15, 0.2) is 0 Å². The number of nitrogens with two attached hydrogens (primary N) is 1. The minimum absolute atomic E-state index is 0.207. The minimum Gasteiger partial charge on any atom is -0.398 e. The van der Waals surface area contributed by atoms with Gasteiger partial charge in [0.25, 0.3) is 0 Å². The number of benzene rings is 2. The van der Waals surface area contributed by atoms with Crippen LogP contribution in [-0.4, -0.2) is 0 Å². The first-order chi connectivity index (χ1) is 8.94. The van der Waals surface area contributed by atoms with Gasteiger partial charge in [0.05, 0.1) is 0 Å². The van der Waals surface area contributed by atoms with E-state index >= 15 is 0 Å². The predicted octanol–water partition coefficient (Wildman–Crippen LogP) is 5.28. The second kappa shape index (κ2) is 5.26. The molecular formula is C17H20ClN. The third-order valence-electron chi connectivity index (χ3n) is 3.88. The molecule has 0 aliphatic rings. The lowest BCUT2D eigenvalue weighted by atomic mass is 9.82. The molecule has 0 saturated heterocycles. The lowest BCUT2D eigenvalue weighted by molar-refractivity contribution is 0.506. The molecule has 2 aromatic rings. The summed E-state index contributed by atoms with van der Waals surface area (Å²) in [5.74, 6) is 0. The fourth-order valence-corrected chi connectivity index (χ4v) is 2.26. The average molecular weight is 274 g/mol. The van der Waals surface area contributed by atoms with Gasteiger partial charge in [-0.1, -0.05) is 56.6 Å². The molecular weight excluding hydrogens is 254 g/mol. The second-order valence-corrected chi connectivity index (χ2v) is 5.98. The lowest BCUT2D eigenvalue weighted by Gasteiger charge is -2.23. The van der Waals surface area contributed by atoms with Crippen LogP contribution in [-0.2, 0) is 5.41 Å². The molecule has 0 amide bonds. The Morgan fingerprint density at radius 2 is 1.68 bits per heavy atom. The van der Waals surface area contributed by atoms with E-state index in [2.05, 4.69) is 45.0 Å². The molecule has 0 radical (unpaired) electrons. The van der Waals surface area contributed by atoms with Crippen molar-refractivity contribution in [3.63, 3.8) is 0 Å². The molecule has 2 N–H and O–H groups in total. The first-order valence-corrected chi connectivity index (χ1v) is 6.98. The van der Waals surface area contributed by atoms with Crippen molar-refractivity contribution < 1.29 is 0 Å². The van der Waals surface area contributed by atoms with Crippen LogP contribution in [0.5, 0.6) is 0 Å². The molecule has 2 rings (SSSR count). The number of nitrogen functional groups attached to an aromatic ring is 1. The van der Waals surface area contributed by atoms with Crippen LogP contribution in [0.2, 0.25) is 5.02 Å². The van der Waals surface area contributed by atoms with E-state index in [-0.39, 0.29) is 5.41 Å². The van der Waals surface area contributed by atoms with Crippen molar-refractivity contribution >= 4 is 17.3 Å². The third kappa shape index (κ3) is 2.93. The monoisotopic (exact) mass is 273 g/mol. The van der Waals surface area contributed by atoms with Crippen molar-refractivity contribution in [3.8, 4) is 11.1 Å². The molecule has 0 aromatic heterocycles. The van der Waals surface area contributed by atoms with Crippen LogP contribution >= 0.6 is 11.6 Å². The van der Waals surface area contributed by atoms with Gasteiger partial charge in [-0.05, 0) is 41.2 Å². The topological polar surface area (TPSA) is 26.0 Å². The van der Waals surface area contributed by atoms with E-state index in [0.717, 1.165) is 23.2 Å². The summed E-state index contributed by atoms with van der Waals surface area (Å²) in [6.07, 6.45) is 1.12. The molecule has 0 aliphatic heterocycles. The zero-order valence-corrected chi connectivity index (χ0v) is 12.5. The van der Waals surface area contributed by atoms with E-state index in [1.807, 2.05) is 18.2 Å². The summed E-state index contributed by atoms with van der Waals surface area (Å²) < 4.78 is 0. The molecule has 0 aliphatic carbocycles. The van der Waals surface area contributed by atoms with Crippen molar-refractivity contribution in [1.29, 1.82) is 0 Å². The average Bonchev–Trinajstić information content (AvgIpc) is 2.42. The quantitative estimate of drug-likeness (QED) is 0.757. The van der Waals surface area contributed by atoms with Crippen LogP contribution < -0.4 is 5.73 Å². The van der Waals surface area contributed by atoms with Gasteiger partial charge < -0.3 is 5.73 Å². The van der Waals surface area contributed by atoms with Crippen LogP contribution in [0.3, 0.4) is 0 Å². The summed E-state index contributed by atoms with van der Waals surface area (Å²) in [5.41, 5.74) is 10.4. The molecule has 2 heteroatoms. The molecule has 1 nitrogen and oxygen atoms in total. The molecule has 0 bridgehead atoms. The van der Waals surface area contributed by atoms with Crippen molar-refractivity contribution in [3.05, 3.63) is 53.1 Å². The van der Waals surface area contributed by atoms with Crippen LogP contribution in [0.15, 0.2) is 42.5 Å². The van der Waals surface area contributed by atoms with Crippen molar-refractivity contribution in [2.45, 2.75) is 32.6 Å². The molecule has 0 fully saturated rings. The van der Waals surface area contributed by atoms with E-state index in [0.29, 0.717) is 5.02 Å². The maximum atomic E-state index is 6.04. The lowest BCUT2D eigenvalue weighted by Crippen LogP contribution is -2.14. The van der Waals surface area contributed by atoms with Gasteiger partial charge in [0.2, 0.25) is 0 Å². The first-order valence-electron chi connectivity index (χ1n) is 6.60. The van der Waals surface area contributed by atoms with E-state index in [1.54, 1.807) is 0 Å². The van der Waals surface area contributed by atoms with Gasteiger partial charge in [0, 0.05) is 16.3 Å². The Morgan fingerprint density at radius 3 is 2.26 bits per heavy atom. The Hall–Kier alpha value is -1.47. The second-order valence-electron chi connectivity index (χ2n) is 5.55. The minimum atomic E-state index is 0.207. The Balaban J connectivity index is 2.40. The van der Waals surface area contributed by atoms with E-state index < -0.39 is 0 Å². The van der Waals surface area contributed by atoms with Crippen LogP contribution in [0.4, 0.5) is 5.69 Å². The predicted molar refractivity (Wildman–Crippen MR) is 84.6 cm³/mol. The molecule has 0 atom stereocenters. The fourth-order valence-electron chi connectivity index (χ4n) is 2.08. The SMILES string of the molecule is CCC(C)(C)c1ccc(-c2cc(Cl)ccc2N)cc1. The summed E-state index contributed by atoms with van der Waals surface area (Å²) in [4.78, 5) is 0. The first kappa shape index (κ1) is 14.0. The maximum absolute atomic E-state index is 6.04. The molecule has 2 aromatic carbocycles. The zero-order chi connectivity index (χ0) is 14.0. The third-order valence-corrected chi connectivity index (χ3v) is 4.11. The maximum Gasteiger partial charge on any atom is 0.0413 e. The molecule has 0 spiro atoms. The normalized spacial score (nSPS) is 11.6. The van der Waals surface area contributed by atoms with Gasteiger partial charge in [0.1, 0.15) is 0 Å². The van der Waals surface area contributed by atoms with Crippen molar-refractivity contribution in [2.75, 3.05) is 5.73 Å². The smallest absolute Gasteiger partial charge is 0.0413 e. The largest absolute Gasteiger partial charge is 0.398 e. The van der Waals surface area contributed by atoms with Gasteiger partial charge >= 0.3 is 0 Å². The number of hydrogen-bond donors (Lipinski definition) is 1. The van der Waals surface area contributed by atoms with E-state index in [9.17, 15) is 0 Å². The highest BCUT2D eigenvalue weighted by atomic mass is 35.5. The highest BCUT2D eigenvalue weighted by Gasteiger charge is 2.17. The van der Waals surface area contributed by atoms with E-state index in [1.165, 1.54) is 5.56 Å². The van der Waals surface area contributed by atoms with Gasteiger partial charge in [-0.3, -0.25) is 0 Å². The Kier molecular flexibility index (Phi) is 3.86. The summed E-state index contributed by atoms with van der Waals surface area (Å²) in [5, 5.41) is 0.710. The zero-order valence-electron chi connectivity index (χ0n) is 11.7. The summed E-state index contributed by atoms with van der Waals surface area (Å²) in [7, 11) is 0. The Bertz CT molecular complexity index is 570. The highest BCUT2D eigenvalue weighted by molar-refractivity contribution is 6.31. The van der Waals surface area contributed by atoms with Gasteiger partial charge in [-0.2, -0.15) is 0 Å². The number of hydrogen-bond acceptors (Lipinski definition) is 1. The van der Waals surface area contributed by atoms with Crippen LogP contribution in [0.25, 0.3) is 11.1 Å². The highest BCUT2D eigenvalue weighted by Crippen LogP contribution is 2.32. The molecule has 100 valence electrons. The fraction of sp³-hybridized carbons (Fsp3) is 0.294. The van der Waals surface area contributed by atoms with Crippen LogP contribution in [0.1, 0.15) is 32.8 Å². The van der Waals surface area contributed by atoms with E-state index in [4.69, 9.17) is 17.3 Å². The van der Waals surface area contributed by atoms with Crippen LogP contribution in [0, 0.1) is 0 Å². The number of rotatable bonds is 3. The Morgan fingerprint density at radius 1 is 1.05 bits per heavy atom. The number of anilines is 1. The molecule has 0 saturated carbocycles.